The molecular weight excluding hydrogens is 322 g/mol. The van der Waals surface area contributed by atoms with Crippen LogP contribution in [0.1, 0.15) is 25.7 Å². The molecular formula is C11H17NO11. The molecule has 0 aromatic heterocycles. The van der Waals surface area contributed by atoms with Gasteiger partial charge in [-0.1, -0.05) is 0 Å². The molecule has 8 N–H and O–H groups in total. The van der Waals surface area contributed by atoms with Crippen molar-refractivity contribution < 1.29 is 54.6 Å². The fraction of sp³-hybridized carbons (Fsp3) is 0.545. The zero-order valence-corrected chi connectivity index (χ0v) is 11.7. The molecule has 132 valence electrons. The van der Waals surface area contributed by atoms with Gasteiger partial charge in [-0.05, 0) is 6.42 Å². The molecule has 0 aromatic carbocycles. The van der Waals surface area contributed by atoms with Crippen molar-refractivity contribution in [3.63, 3.8) is 0 Å². The van der Waals surface area contributed by atoms with Crippen molar-refractivity contribution in [2.24, 2.45) is 5.73 Å². The van der Waals surface area contributed by atoms with Gasteiger partial charge in [-0.2, -0.15) is 0 Å². The average Bonchev–Trinajstić information content (AvgIpc) is 2.34. The van der Waals surface area contributed by atoms with Gasteiger partial charge in [-0.3, -0.25) is 19.2 Å². The Morgan fingerprint density at radius 2 is 1.22 bits per heavy atom. The molecule has 0 aliphatic rings. The molecule has 0 aliphatic heterocycles. The van der Waals surface area contributed by atoms with Gasteiger partial charge in [0.05, 0.1) is 12.8 Å². The quantitative estimate of drug-likeness (QED) is 0.242. The summed E-state index contributed by atoms with van der Waals surface area (Å²) in [6.07, 6.45) is -2.51. The van der Waals surface area contributed by atoms with E-state index in [-0.39, 0.29) is 12.8 Å². The predicted molar refractivity (Wildman–Crippen MR) is 69.6 cm³/mol. The molecule has 0 radical (unpaired) electrons. The number of rotatable bonds is 9. The van der Waals surface area contributed by atoms with E-state index in [9.17, 15) is 24.0 Å². The van der Waals surface area contributed by atoms with Crippen LogP contribution in [0.2, 0.25) is 0 Å². The Labute approximate surface area is 128 Å². The largest absolute Gasteiger partial charge is 0.481 e. The van der Waals surface area contributed by atoms with Crippen LogP contribution >= 0.6 is 0 Å². The number of aliphatic hydroxyl groups is 1. The lowest BCUT2D eigenvalue weighted by atomic mass is 9.96. The average molecular weight is 339 g/mol. The van der Waals surface area contributed by atoms with Crippen molar-refractivity contribution in [3.05, 3.63) is 0 Å². The van der Waals surface area contributed by atoms with Gasteiger partial charge in [0, 0.05) is 6.42 Å². The number of hydrogen-bond donors (Lipinski definition) is 7. The second kappa shape index (κ2) is 10.1. The molecule has 0 spiro atoms. The van der Waals surface area contributed by atoms with Gasteiger partial charge in [-0.15, -0.1) is 0 Å². The third kappa shape index (κ3) is 11.6. The SMILES string of the molecule is N[C@@H](CCC(=O)O)C(=O)O.O=C(O)CC(O)(CC(=O)O)C(=O)O. The highest BCUT2D eigenvalue weighted by Crippen LogP contribution is 2.15. The Kier molecular flexibility index (Phi) is 9.88. The molecule has 0 bridgehead atoms. The highest BCUT2D eigenvalue weighted by molar-refractivity contribution is 5.88. The fourth-order valence-corrected chi connectivity index (χ4v) is 1.12. The highest BCUT2D eigenvalue weighted by Gasteiger charge is 2.40. The topological polar surface area (TPSA) is 233 Å². The smallest absolute Gasteiger partial charge is 0.336 e. The number of carboxylic acids is 5. The molecule has 0 heterocycles. The van der Waals surface area contributed by atoms with E-state index in [4.69, 9.17) is 36.4 Å². The van der Waals surface area contributed by atoms with E-state index in [0.29, 0.717) is 0 Å². The van der Waals surface area contributed by atoms with Crippen LogP contribution in [0.25, 0.3) is 0 Å². The molecule has 0 saturated heterocycles. The predicted octanol–water partition coefficient (Wildman–Crippen LogP) is -1.99. The lowest BCUT2D eigenvalue weighted by Gasteiger charge is -2.18. The summed E-state index contributed by atoms with van der Waals surface area (Å²) in [5.74, 6) is -7.22. The van der Waals surface area contributed by atoms with Crippen molar-refractivity contribution >= 4 is 29.8 Å². The summed E-state index contributed by atoms with van der Waals surface area (Å²) >= 11 is 0. The van der Waals surface area contributed by atoms with Gasteiger partial charge in [0.25, 0.3) is 0 Å². The van der Waals surface area contributed by atoms with Crippen molar-refractivity contribution in [3.8, 4) is 0 Å². The van der Waals surface area contributed by atoms with E-state index in [0.717, 1.165) is 0 Å². The van der Waals surface area contributed by atoms with Gasteiger partial charge in [0.1, 0.15) is 6.04 Å². The van der Waals surface area contributed by atoms with E-state index in [1.54, 1.807) is 0 Å². The molecule has 0 unspecified atom stereocenters. The Morgan fingerprint density at radius 1 is 0.826 bits per heavy atom. The van der Waals surface area contributed by atoms with Crippen molar-refractivity contribution in [2.45, 2.75) is 37.3 Å². The summed E-state index contributed by atoms with van der Waals surface area (Å²) in [6.45, 7) is 0. The number of carbonyl (C=O) groups is 5. The number of carboxylic acid groups (broad SMARTS) is 5. The molecule has 23 heavy (non-hydrogen) atoms. The van der Waals surface area contributed by atoms with E-state index < -0.39 is 54.3 Å². The maximum atomic E-state index is 10.3. The second-order valence-electron chi connectivity index (χ2n) is 4.35. The standard InChI is InChI=1S/C6H8O7.C5H9NO4/c7-3(8)1-6(13,5(11)12)2-4(9)10;6-3(5(9)10)1-2-4(7)8/h13H,1-2H2,(H,7,8)(H,9,10)(H,11,12);3H,1-2,6H2,(H,7,8)(H,9,10)/t;3-/m.0/s1. The second-order valence-corrected chi connectivity index (χ2v) is 4.35. The van der Waals surface area contributed by atoms with E-state index in [1.165, 1.54) is 0 Å². The van der Waals surface area contributed by atoms with Crippen LogP contribution in [0.4, 0.5) is 0 Å². The summed E-state index contributed by atoms with van der Waals surface area (Å²) in [5.41, 5.74) is 2.26. The third-order valence-electron chi connectivity index (χ3n) is 2.27. The van der Waals surface area contributed by atoms with Gasteiger partial charge in [0.15, 0.2) is 5.60 Å². The van der Waals surface area contributed by atoms with E-state index in [2.05, 4.69) is 0 Å². The number of aliphatic carboxylic acids is 5. The first kappa shape index (κ1) is 22.5. The zero-order valence-electron chi connectivity index (χ0n) is 11.7. The summed E-state index contributed by atoms with van der Waals surface area (Å²) in [7, 11) is 0. The van der Waals surface area contributed by atoms with Crippen molar-refractivity contribution in [1.29, 1.82) is 0 Å². The molecule has 0 rings (SSSR count). The van der Waals surface area contributed by atoms with Gasteiger partial charge >= 0.3 is 29.8 Å². The summed E-state index contributed by atoms with van der Waals surface area (Å²) in [5, 5.41) is 50.1. The first-order valence-electron chi connectivity index (χ1n) is 5.91. The van der Waals surface area contributed by atoms with Crippen molar-refractivity contribution in [1.82, 2.24) is 0 Å². The fourth-order valence-electron chi connectivity index (χ4n) is 1.12. The summed E-state index contributed by atoms with van der Waals surface area (Å²) in [6, 6.07) is -1.06. The van der Waals surface area contributed by atoms with Crippen LogP contribution in [0, 0.1) is 0 Å². The minimum Gasteiger partial charge on any atom is -0.481 e. The van der Waals surface area contributed by atoms with E-state index >= 15 is 0 Å². The summed E-state index contributed by atoms with van der Waals surface area (Å²) in [4.78, 5) is 50.4. The Hall–Kier alpha value is -2.73. The molecule has 12 heteroatoms. The lowest BCUT2D eigenvalue weighted by Crippen LogP contribution is -2.42. The van der Waals surface area contributed by atoms with Crippen LogP contribution in [-0.4, -0.2) is 72.1 Å². The maximum Gasteiger partial charge on any atom is 0.336 e. The molecule has 0 amide bonds. The lowest BCUT2D eigenvalue weighted by molar-refractivity contribution is -0.170. The number of hydrogen-bond acceptors (Lipinski definition) is 7. The maximum absolute atomic E-state index is 10.3. The van der Waals surface area contributed by atoms with Crippen molar-refractivity contribution in [2.75, 3.05) is 0 Å². The zero-order chi connectivity index (χ0) is 18.8. The molecule has 0 aliphatic carbocycles. The van der Waals surface area contributed by atoms with Crippen LogP contribution in [0.3, 0.4) is 0 Å². The van der Waals surface area contributed by atoms with Crippen LogP contribution < -0.4 is 5.73 Å². The Bertz CT molecular complexity index is 457. The first-order chi connectivity index (χ1) is 10.3. The van der Waals surface area contributed by atoms with Crippen LogP contribution in [-0.2, 0) is 24.0 Å². The van der Waals surface area contributed by atoms with Gasteiger partial charge in [-0.25, -0.2) is 4.79 Å². The van der Waals surface area contributed by atoms with Crippen LogP contribution in [0.15, 0.2) is 0 Å². The van der Waals surface area contributed by atoms with Crippen LogP contribution in [0.5, 0.6) is 0 Å². The highest BCUT2D eigenvalue weighted by atomic mass is 16.4. The third-order valence-corrected chi connectivity index (χ3v) is 2.27. The molecule has 1 atom stereocenters. The molecule has 0 aromatic rings. The van der Waals surface area contributed by atoms with Gasteiger partial charge in [0.2, 0.25) is 0 Å². The molecule has 0 fully saturated rings. The normalized spacial score (nSPS) is 11.6. The minimum absolute atomic E-state index is 0.0231. The number of nitrogens with two attached hydrogens (primary N) is 1. The minimum atomic E-state index is -2.74. The van der Waals surface area contributed by atoms with E-state index in [1.807, 2.05) is 0 Å². The first-order valence-corrected chi connectivity index (χ1v) is 5.91. The Morgan fingerprint density at radius 3 is 1.43 bits per heavy atom. The van der Waals surface area contributed by atoms with Gasteiger partial charge < -0.3 is 36.4 Å². The molecule has 0 saturated carbocycles. The summed E-state index contributed by atoms with van der Waals surface area (Å²) < 4.78 is 0. The Balaban J connectivity index is 0. The molecule has 12 nitrogen and oxygen atoms in total. The monoisotopic (exact) mass is 339 g/mol.